The SMILES string of the molecule is N#Cc1ccc(-c2ccc3cc(-c4cc(-n5c(-c6ccccc6)nc6ccccc65)c5ccccc5c4)ccc3c2)cc1. The van der Waals surface area contributed by atoms with Crippen LogP contribution in [0.5, 0.6) is 0 Å². The Balaban J connectivity index is 1.30. The Morgan fingerprint density at radius 1 is 0.488 bits per heavy atom. The molecule has 8 aromatic rings. The molecule has 0 spiro atoms. The fourth-order valence-electron chi connectivity index (χ4n) is 6.03. The smallest absolute Gasteiger partial charge is 0.145 e. The van der Waals surface area contributed by atoms with Gasteiger partial charge in [0.2, 0.25) is 0 Å². The molecule has 0 atom stereocenters. The monoisotopic (exact) mass is 547 g/mol. The molecule has 3 nitrogen and oxygen atoms in total. The highest BCUT2D eigenvalue weighted by Crippen LogP contribution is 2.37. The van der Waals surface area contributed by atoms with Gasteiger partial charge < -0.3 is 0 Å². The van der Waals surface area contributed by atoms with Gasteiger partial charge in [0, 0.05) is 10.9 Å². The Morgan fingerprint density at radius 2 is 1.12 bits per heavy atom. The molecule has 200 valence electrons. The Morgan fingerprint density at radius 3 is 1.88 bits per heavy atom. The van der Waals surface area contributed by atoms with Gasteiger partial charge in [-0.1, -0.05) is 103 Å². The van der Waals surface area contributed by atoms with E-state index in [9.17, 15) is 0 Å². The summed E-state index contributed by atoms with van der Waals surface area (Å²) in [5.41, 5.74) is 9.47. The van der Waals surface area contributed by atoms with Gasteiger partial charge in [-0.2, -0.15) is 5.26 Å². The molecule has 8 rings (SSSR count). The van der Waals surface area contributed by atoms with E-state index in [0.29, 0.717) is 5.56 Å². The van der Waals surface area contributed by atoms with Crippen molar-refractivity contribution in [3.8, 4) is 45.4 Å². The molecule has 0 fully saturated rings. The molecule has 7 aromatic carbocycles. The summed E-state index contributed by atoms with van der Waals surface area (Å²) in [4.78, 5) is 5.10. The standard InChI is InChI=1S/C40H25N3/c41-26-27-14-16-28(17-15-27)30-18-19-32-23-33(21-20-31(32)22-30)35-24-34-10-4-5-11-36(34)39(25-35)43-38-13-7-6-12-37(38)42-40(43)29-8-2-1-3-9-29/h1-25H. The molecular weight excluding hydrogens is 522 g/mol. The van der Waals surface area contributed by atoms with Crippen LogP contribution < -0.4 is 0 Å². The van der Waals surface area contributed by atoms with Crippen LogP contribution in [0.3, 0.4) is 0 Å². The number of nitrogens with zero attached hydrogens (tertiary/aromatic N) is 3. The van der Waals surface area contributed by atoms with Crippen molar-refractivity contribution in [1.29, 1.82) is 5.26 Å². The van der Waals surface area contributed by atoms with E-state index in [2.05, 4.69) is 126 Å². The van der Waals surface area contributed by atoms with Gasteiger partial charge in [0.05, 0.1) is 28.4 Å². The second kappa shape index (κ2) is 10.1. The average Bonchev–Trinajstić information content (AvgIpc) is 3.47. The van der Waals surface area contributed by atoms with Crippen molar-refractivity contribution >= 4 is 32.6 Å². The number of benzene rings is 7. The summed E-state index contributed by atoms with van der Waals surface area (Å²) in [6.45, 7) is 0. The number of hydrogen-bond acceptors (Lipinski definition) is 2. The van der Waals surface area contributed by atoms with E-state index in [1.807, 2.05) is 36.4 Å². The third kappa shape index (κ3) is 4.34. The highest BCUT2D eigenvalue weighted by molar-refractivity contribution is 5.99. The van der Waals surface area contributed by atoms with Gasteiger partial charge in [-0.3, -0.25) is 4.57 Å². The summed E-state index contributed by atoms with van der Waals surface area (Å²) in [6.07, 6.45) is 0. The van der Waals surface area contributed by atoms with E-state index < -0.39 is 0 Å². The molecule has 0 saturated heterocycles. The van der Waals surface area contributed by atoms with Crippen LogP contribution >= 0.6 is 0 Å². The number of fused-ring (bicyclic) bond motifs is 3. The molecule has 0 aliphatic rings. The molecule has 0 bridgehead atoms. The van der Waals surface area contributed by atoms with Crippen LogP contribution in [0.1, 0.15) is 5.56 Å². The first-order chi connectivity index (χ1) is 21.2. The fourth-order valence-corrected chi connectivity index (χ4v) is 6.03. The zero-order valence-electron chi connectivity index (χ0n) is 23.3. The maximum atomic E-state index is 9.15. The minimum Gasteiger partial charge on any atom is -0.292 e. The number of aromatic nitrogens is 2. The topological polar surface area (TPSA) is 41.6 Å². The van der Waals surface area contributed by atoms with Crippen molar-refractivity contribution in [2.45, 2.75) is 0 Å². The molecule has 0 aliphatic heterocycles. The number of imidazole rings is 1. The van der Waals surface area contributed by atoms with Gasteiger partial charge in [0.25, 0.3) is 0 Å². The first-order valence-corrected chi connectivity index (χ1v) is 14.4. The second-order valence-electron chi connectivity index (χ2n) is 10.8. The summed E-state index contributed by atoms with van der Waals surface area (Å²) >= 11 is 0. The van der Waals surface area contributed by atoms with Crippen LogP contribution in [-0.4, -0.2) is 9.55 Å². The van der Waals surface area contributed by atoms with Crippen LogP contribution in [0, 0.1) is 11.3 Å². The van der Waals surface area contributed by atoms with Crippen molar-refractivity contribution < 1.29 is 0 Å². The highest BCUT2D eigenvalue weighted by atomic mass is 15.1. The molecule has 0 unspecified atom stereocenters. The first-order valence-electron chi connectivity index (χ1n) is 14.4. The predicted octanol–water partition coefficient (Wildman–Crippen LogP) is 10.2. The van der Waals surface area contributed by atoms with Crippen molar-refractivity contribution in [2.24, 2.45) is 0 Å². The van der Waals surface area contributed by atoms with Crippen molar-refractivity contribution in [2.75, 3.05) is 0 Å². The van der Waals surface area contributed by atoms with Gasteiger partial charge >= 0.3 is 0 Å². The van der Waals surface area contributed by atoms with Crippen molar-refractivity contribution in [1.82, 2.24) is 9.55 Å². The zero-order valence-corrected chi connectivity index (χ0v) is 23.3. The van der Waals surface area contributed by atoms with Crippen molar-refractivity contribution in [3.63, 3.8) is 0 Å². The minimum atomic E-state index is 0.670. The number of rotatable bonds is 4. The lowest BCUT2D eigenvalue weighted by Crippen LogP contribution is -1.99. The molecule has 43 heavy (non-hydrogen) atoms. The van der Waals surface area contributed by atoms with Gasteiger partial charge in [-0.15, -0.1) is 0 Å². The number of hydrogen-bond donors (Lipinski definition) is 0. The predicted molar refractivity (Wildman–Crippen MR) is 177 cm³/mol. The van der Waals surface area contributed by atoms with E-state index in [-0.39, 0.29) is 0 Å². The quantitative estimate of drug-likeness (QED) is 0.220. The summed E-state index contributed by atoms with van der Waals surface area (Å²) in [5.74, 6) is 0.929. The highest BCUT2D eigenvalue weighted by Gasteiger charge is 2.17. The minimum absolute atomic E-state index is 0.670. The Kier molecular flexibility index (Phi) is 5.84. The lowest BCUT2D eigenvalue weighted by atomic mass is 9.95. The van der Waals surface area contributed by atoms with Crippen LogP contribution in [0.15, 0.2) is 152 Å². The number of para-hydroxylation sites is 2. The second-order valence-corrected chi connectivity index (χ2v) is 10.8. The molecule has 0 N–H and O–H groups in total. The van der Waals surface area contributed by atoms with Gasteiger partial charge in [-0.25, -0.2) is 4.98 Å². The molecule has 0 aliphatic carbocycles. The van der Waals surface area contributed by atoms with E-state index in [4.69, 9.17) is 10.2 Å². The van der Waals surface area contributed by atoms with Crippen LogP contribution in [0.4, 0.5) is 0 Å². The Labute approximate surface area is 249 Å². The molecule has 1 heterocycles. The summed E-state index contributed by atoms with van der Waals surface area (Å²) < 4.78 is 2.31. The van der Waals surface area contributed by atoms with E-state index in [1.165, 1.54) is 21.5 Å². The van der Waals surface area contributed by atoms with E-state index >= 15 is 0 Å². The summed E-state index contributed by atoms with van der Waals surface area (Å²) in [6, 6.07) is 55.2. The summed E-state index contributed by atoms with van der Waals surface area (Å²) in [5, 5.41) is 13.9. The maximum absolute atomic E-state index is 9.15. The van der Waals surface area contributed by atoms with Gasteiger partial charge in [-0.05, 0) is 86.9 Å². The van der Waals surface area contributed by atoms with Crippen LogP contribution in [0.25, 0.3) is 71.9 Å². The van der Waals surface area contributed by atoms with Gasteiger partial charge in [0.15, 0.2) is 0 Å². The van der Waals surface area contributed by atoms with Gasteiger partial charge in [0.1, 0.15) is 5.82 Å². The first kappa shape index (κ1) is 24.8. The van der Waals surface area contributed by atoms with Crippen LogP contribution in [-0.2, 0) is 0 Å². The largest absolute Gasteiger partial charge is 0.292 e. The van der Waals surface area contributed by atoms with E-state index in [0.717, 1.165) is 50.4 Å². The lowest BCUT2D eigenvalue weighted by molar-refractivity contribution is 1.12. The Bertz CT molecular complexity index is 2340. The molecule has 3 heteroatoms. The molecule has 0 saturated carbocycles. The molecule has 0 radical (unpaired) electrons. The third-order valence-electron chi connectivity index (χ3n) is 8.19. The molecule has 0 amide bonds. The molecular formula is C40H25N3. The van der Waals surface area contributed by atoms with E-state index in [1.54, 1.807) is 0 Å². The van der Waals surface area contributed by atoms with Crippen molar-refractivity contribution in [3.05, 3.63) is 157 Å². The fraction of sp³-hybridized carbons (Fsp3) is 0. The average molecular weight is 548 g/mol. The third-order valence-corrected chi connectivity index (χ3v) is 8.19. The molecule has 1 aromatic heterocycles. The number of nitriles is 1. The zero-order chi connectivity index (χ0) is 28.8. The summed E-state index contributed by atoms with van der Waals surface area (Å²) in [7, 11) is 0. The maximum Gasteiger partial charge on any atom is 0.145 e. The Hall–Kier alpha value is -5.98. The van der Waals surface area contributed by atoms with Crippen LogP contribution in [0.2, 0.25) is 0 Å². The lowest BCUT2D eigenvalue weighted by Gasteiger charge is -2.16. The normalized spacial score (nSPS) is 11.2.